The van der Waals surface area contributed by atoms with E-state index in [9.17, 15) is 0 Å². The summed E-state index contributed by atoms with van der Waals surface area (Å²) in [6, 6.07) is 0.386. The molecule has 1 aliphatic carbocycles. The molecule has 112 valence electrons. The zero-order valence-electron chi connectivity index (χ0n) is 12.7. The van der Waals surface area contributed by atoms with Gasteiger partial charge in [0, 0.05) is 33.8 Å². The van der Waals surface area contributed by atoms with E-state index in [1.807, 2.05) is 19.0 Å². The zero-order valence-corrected chi connectivity index (χ0v) is 12.7. The number of nitrogens with one attached hydrogen (secondary N) is 2. The van der Waals surface area contributed by atoms with Crippen molar-refractivity contribution in [3.8, 4) is 0 Å². The second-order valence-electron chi connectivity index (χ2n) is 5.27. The molecular weight excluding hydrogens is 256 g/mol. The van der Waals surface area contributed by atoms with Gasteiger partial charge in [-0.25, -0.2) is 0 Å². The highest BCUT2D eigenvalue weighted by Crippen LogP contribution is 2.25. The molecule has 0 saturated heterocycles. The van der Waals surface area contributed by atoms with Gasteiger partial charge < -0.3 is 20.3 Å². The van der Waals surface area contributed by atoms with Crippen molar-refractivity contribution in [1.82, 2.24) is 15.0 Å². The Labute approximate surface area is 120 Å². The highest BCUT2D eigenvalue weighted by molar-refractivity contribution is 5.43. The number of hydrogen-bond acceptors (Lipinski definition) is 7. The van der Waals surface area contributed by atoms with Crippen LogP contribution in [0.5, 0.6) is 0 Å². The molecule has 20 heavy (non-hydrogen) atoms. The summed E-state index contributed by atoms with van der Waals surface area (Å²) >= 11 is 0. The number of ether oxygens (including phenoxy) is 1. The lowest BCUT2D eigenvalue weighted by Crippen LogP contribution is -2.40. The molecule has 0 aliphatic heterocycles. The van der Waals surface area contributed by atoms with Crippen LogP contribution in [-0.2, 0) is 4.74 Å². The minimum atomic E-state index is 0.361. The first-order chi connectivity index (χ1) is 9.62. The van der Waals surface area contributed by atoms with Crippen LogP contribution in [0.1, 0.15) is 26.2 Å². The Morgan fingerprint density at radius 3 is 2.50 bits per heavy atom. The first-order valence-corrected chi connectivity index (χ1v) is 7.09. The molecule has 1 aromatic rings. The zero-order chi connectivity index (χ0) is 14.5. The van der Waals surface area contributed by atoms with Crippen molar-refractivity contribution < 1.29 is 4.74 Å². The van der Waals surface area contributed by atoms with E-state index in [-0.39, 0.29) is 0 Å². The number of nitrogens with zero attached hydrogens (tertiary/aromatic N) is 4. The van der Waals surface area contributed by atoms with Gasteiger partial charge in [-0.1, -0.05) is 6.92 Å². The molecule has 1 fully saturated rings. The molecule has 0 bridgehead atoms. The fraction of sp³-hybridized carbons (Fsp3) is 0.769. The van der Waals surface area contributed by atoms with E-state index in [2.05, 4.69) is 32.5 Å². The largest absolute Gasteiger partial charge is 0.381 e. The summed E-state index contributed by atoms with van der Waals surface area (Å²) in [6.45, 7) is 2.96. The lowest BCUT2D eigenvalue weighted by atomic mass is 9.89. The van der Waals surface area contributed by atoms with Crippen molar-refractivity contribution in [2.45, 2.75) is 38.3 Å². The summed E-state index contributed by atoms with van der Waals surface area (Å²) in [5.74, 6) is 1.90. The van der Waals surface area contributed by atoms with Gasteiger partial charge in [0.15, 0.2) is 0 Å². The smallest absolute Gasteiger partial charge is 0.231 e. The average Bonchev–Trinajstić information content (AvgIpc) is 2.39. The summed E-state index contributed by atoms with van der Waals surface area (Å²) < 4.78 is 5.28. The van der Waals surface area contributed by atoms with Gasteiger partial charge in [0.2, 0.25) is 17.8 Å². The quantitative estimate of drug-likeness (QED) is 0.780. The molecular formula is C13H24N6O. The lowest BCUT2D eigenvalue weighted by molar-refractivity contribution is 0.0327. The maximum Gasteiger partial charge on any atom is 0.231 e. The van der Waals surface area contributed by atoms with E-state index in [1.54, 1.807) is 7.11 Å². The molecule has 1 aromatic heterocycles. The first kappa shape index (κ1) is 14.8. The monoisotopic (exact) mass is 280 g/mol. The summed E-state index contributed by atoms with van der Waals surface area (Å²) in [4.78, 5) is 15.1. The van der Waals surface area contributed by atoms with Crippen LogP contribution in [0.15, 0.2) is 0 Å². The number of rotatable bonds is 7. The minimum absolute atomic E-state index is 0.361. The molecule has 0 aromatic carbocycles. The second-order valence-corrected chi connectivity index (χ2v) is 5.27. The third-order valence-corrected chi connectivity index (χ3v) is 3.32. The van der Waals surface area contributed by atoms with E-state index < -0.39 is 0 Å². The molecule has 1 saturated carbocycles. The third kappa shape index (κ3) is 3.69. The number of anilines is 3. The van der Waals surface area contributed by atoms with Crippen molar-refractivity contribution in [3.63, 3.8) is 0 Å². The number of aromatic nitrogens is 3. The standard InChI is InChI=1S/C13H24N6O/c1-5-6-14-11-16-12(18-13(17-11)19(2)3)15-9-7-10(8-9)20-4/h9-10H,5-8H2,1-4H3,(H2,14,15,16,17,18). The van der Waals surface area contributed by atoms with Gasteiger partial charge in [-0.3, -0.25) is 0 Å². The first-order valence-electron chi connectivity index (χ1n) is 7.09. The van der Waals surface area contributed by atoms with Crippen molar-refractivity contribution in [3.05, 3.63) is 0 Å². The van der Waals surface area contributed by atoms with Crippen LogP contribution < -0.4 is 15.5 Å². The number of methoxy groups -OCH3 is 1. The predicted octanol–water partition coefficient (Wildman–Crippen LogP) is 1.35. The molecule has 0 amide bonds. The molecule has 0 spiro atoms. The molecule has 1 heterocycles. The van der Waals surface area contributed by atoms with Crippen molar-refractivity contribution >= 4 is 17.8 Å². The lowest BCUT2D eigenvalue weighted by Gasteiger charge is -2.34. The second kappa shape index (κ2) is 6.69. The molecule has 0 radical (unpaired) electrons. The van der Waals surface area contributed by atoms with Gasteiger partial charge in [-0.15, -0.1) is 0 Å². The third-order valence-electron chi connectivity index (χ3n) is 3.32. The Morgan fingerprint density at radius 1 is 1.20 bits per heavy atom. The summed E-state index contributed by atoms with van der Waals surface area (Å²) in [5.41, 5.74) is 0. The summed E-state index contributed by atoms with van der Waals surface area (Å²) in [6.07, 6.45) is 3.39. The van der Waals surface area contributed by atoms with Gasteiger partial charge in [-0.2, -0.15) is 15.0 Å². The Morgan fingerprint density at radius 2 is 1.90 bits per heavy atom. The maximum atomic E-state index is 5.28. The molecule has 2 N–H and O–H groups in total. The van der Waals surface area contributed by atoms with Crippen LogP contribution >= 0.6 is 0 Å². The van der Waals surface area contributed by atoms with Crippen LogP contribution in [-0.4, -0.2) is 54.8 Å². The molecule has 7 nitrogen and oxygen atoms in total. The molecule has 7 heteroatoms. The fourth-order valence-corrected chi connectivity index (χ4v) is 2.00. The summed E-state index contributed by atoms with van der Waals surface area (Å²) in [7, 11) is 5.60. The normalized spacial score (nSPS) is 21.2. The van der Waals surface area contributed by atoms with Gasteiger partial charge in [0.05, 0.1) is 6.10 Å². The molecule has 2 rings (SSSR count). The predicted molar refractivity (Wildman–Crippen MR) is 80.4 cm³/mol. The average molecular weight is 280 g/mol. The van der Waals surface area contributed by atoms with Crippen LogP contribution in [0.25, 0.3) is 0 Å². The Hall–Kier alpha value is -1.63. The van der Waals surface area contributed by atoms with E-state index in [1.165, 1.54) is 0 Å². The molecule has 0 atom stereocenters. The SMILES string of the molecule is CCCNc1nc(NC2CC(OC)C2)nc(N(C)C)n1. The van der Waals surface area contributed by atoms with Gasteiger partial charge in [0.1, 0.15) is 0 Å². The van der Waals surface area contributed by atoms with Crippen LogP contribution in [0, 0.1) is 0 Å². The van der Waals surface area contributed by atoms with Gasteiger partial charge >= 0.3 is 0 Å². The van der Waals surface area contributed by atoms with Crippen molar-refractivity contribution in [2.24, 2.45) is 0 Å². The number of hydrogen-bond donors (Lipinski definition) is 2. The molecule has 1 aliphatic rings. The van der Waals surface area contributed by atoms with Crippen LogP contribution in [0.2, 0.25) is 0 Å². The van der Waals surface area contributed by atoms with Crippen molar-refractivity contribution in [2.75, 3.05) is 43.3 Å². The Kier molecular flexibility index (Phi) is 4.94. The van der Waals surface area contributed by atoms with Gasteiger partial charge in [0.25, 0.3) is 0 Å². The van der Waals surface area contributed by atoms with E-state index >= 15 is 0 Å². The topological polar surface area (TPSA) is 75.2 Å². The fourth-order valence-electron chi connectivity index (χ4n) is 2.00. The Bertz CT molecular complexity index is 433. The summed E-state index contributed by atoms with van der Waals surface area (Å²) in [5, 5.41) is 6.55. The van der Waals surface area contributed by atoms with Crippen molar-refractivity contribution in [1.29, 1.82) is 0 Å². The molecule has 0 unspecified atom stereocenters. The minimum Gasteiger partial charge on any atom is -0.381 e. The van der Waals surface area contributed by atoms with E-state index in [0.717, 1.165) is 25.8 Å². The van der Waals surface area contributed by atoms with Gasteiger partial charge in [-0.05, 0) is 19.3 Å². The highest BCUT2D eigenvalue weighted by Gasteiger charge is 2.29. The highest BCUT2D eigenvalue weighted by atomic mass is 16.5. The maximum absolute atomic E-state index is 5.28. The Balaban J connectivity index is 2.04. The van der Waals surface area contributed by atoms with Crippen LogP contribution in [0.4, 0.5) is 17.8 Å². The van der Waals surface area contributed by atoms with Crippen LogP contribution in [0.3, 0.4) is 0 Å². The van der Waals surface area contributed by atoms with E-state index in [4.69, 9.17) is 4.74 Å². The van der Waals surface area contributed by atoms with E-state index in [0.29, 0.717) is 30.0 Å².